The molecule has 0 bridgehead atoms. The second-order valence-electron chi connectivity index (χ2n) is 9.73. The highest BCUT2D eigenvalue weighted by atomic mass is 32.2. The molecule has 0 aromatic heterocycles. The van der Waals surface area contributed by atoms with Crippen LogP contribution in [0.2, 0.25) is 0 Å². The Labute approximate surface area is 203 Å². The third kappa shape index (κ3) is 8.95. The molecule has 1 saturated carbocycles. The van der Waals surface area contributed by atoms with Crippen molar-refractivity contribution < 1.29 is 14.3 Å². The van der Waals surface area contributed by atoms with E-state index in [9.17, 15) is 9.59 Å². The van der Waals surface area contributed by atoms with Crippen molar-refractivity contribution in [3.8, 4) is 0 Å². The van der Waals surface area contributed by atoms with Gasteiger partial charge in [0.25, 0.3) is 5.91 Å². The number of carbonyl (C=O) groups is 2. The first-order chi connectivity index (χ1) is 16.0. The van der Waals surface area contributed by atoms with E-state index in [1.807, 2.05) is 24.3 Å². The largest absolute Gasteiger partial charge is 0.379 e. The van der Waals surface area contributed by atoms with E-state index in [1.54, 1.807) is 0 Å². The Kier molecular flexibility index (Phi) is 11.0. The lowest BCUT2D eigenvalue weighted by molar-refractivity contribution is -0.118. The summed E-state index contributed by atoms with van der Waals surface area (Å²) in [4.78, 5) is 28.7. The van der Waals surface area contributed by atoms with Crippen molar-refractivity contribution in [3.05, 3.63) is 29.8 Å². The molecule has 1 atom stereocenters. The fraction of sp³-hybridized carbons (Fsp3) is 0.692. The Bertz CT molecular complexity index is 746. The van der Waals surface area contributed by atoms with E-state index in [4.69, 9.17) is 4.74 Å². The van der Waals surface area contributed by atoms with Gasteiger partial charge >= 0.3 is 0 Å². The van der Waals surface area contributed by atoms with E-state index >= 15 is 0 Å². The van der Waals surface area contributed by atoms with Gasteiger partial charge in [0.1, 0.15) is 0 Å². The summed E-state index contributed by atoms with van der Waals surface area (Å²) in [5.74, 6) is 1.49. The fourth-order valence-electron chi connectivity index (χ4n) is 4.78. The maximum Gasteiger partial charge on any atom is 0.252 e. The molecule has 2 N–H and O–H groups in total. The number of thioether (sulfide) groups is 1. The van der Waals surface area contributed by atoms with Crippen molar-refractivity contribution in [2.75, 3.05) is 45.1 Å². The molecular weight excluding hydrogens is 434 g/mol. The number of ether oxygens (including phenoxy) is 1. The third-order valence-electron chi connectivity index (χ3n) is 6.61. The van der Waals surface area contributed by atoms with Gasteiger partial charge in [0.05, 0.1) is 24.5 Å². The molecule has 0 radical (unpaired) electrons. The summed E-state index contributed by atoms with van der Waals surface area (Å²) in [6.07, 6.45) is 7.36. The zero-order valence-corrected chi connectivity index (χ0v) is 21.1. The second kappa shape index (κ2) is 14.0. The van der Waals surface area contributed by atoms with Gasteiger partial charge in [-0.3, -0.25) is 14.5 Å². The molecule has 1 aliphatic heterocycles. The van der Waals surface area contributed by atoms with Gasteiger partial charge in [0, 0.05) is 37.1 Å². The normalized spacial score (nSPS) is 18.8. The first-order valence-electron chi connectivity index (χ1n) is 12.6. The third-order valence-corrected chi connectivity index (χ3v) is 7.68. The monoisotopic (exact) mass is 475 g/mol. The summed E-state index contributed by atoms with van der Waals surface area (Å²) in [5, 5.41) is 6.25. The number of carbonyl (C=O) groups excluding carboxylic acids is 2. The number of hydrogen-bond acceptors (Lipinski definition) is 5. The lowest BCUT2D eigenvalue weighted by Gasteiger charge is -2.35. The van der Waals surface area contributed by atoms with E-state index in [0.717, 1.165) is 44.2 Å². The molecule has 1 aliphatic carbocycles. The van der Waals surface area contributed by atoms with Gasteiger partial charge in [-0.15, -0.1) is 11.8 Å². The van der Waals surface area contributed by atoms with Crippen LogP contribution >= 0.6 is 11.8 Å². The van der Waals surface area contributed by atoms with E-state index in [-0.39, 0.29) is 11.8 Å². The Morgan fingerprint density at radius 1 is 1.09 bits per heavy atom. The smallest absolute Gasteiger partial charge is 0.252 e. The highest BCUT2D eigenvalue weighted by molar-refractivity contribution is 8.00. The topological polar surface area (TPSA) is 70.7 Å². The van der Waals surface area contributed by atoms with E-state index < -0.39 is 0 Å². The van der Waals surface area contributed by atoms with Crippen molar-refractivity contribution in [1.82, 2.24) is 15.5 Å². The standard InChI is InChI=1S/C26H41N3O3S/c1-20(2)16-22(29-12-14-32-15-13-29)18-28-26(31)23-10-6-7-11-24(23)33-19-25(30)27-17-21-8-4-3-5-9-21/h6-7,10-11,20-22H,3-5,8-9,12-19H2,1-2H3,(H,27,30)(H,28,31). The van der Waals surface area contributed by atoms with Crippen LogP contribution in [-0.2, 0) is 9.53 Å². The summed E-state index contributed by atoms with van der Waals surface area (Å²) in [6.45, 7) is 9.18. The van der Waals surface area contributed by atoms with Gasteiger partial charge in [0.15, 0.2) is 0 Å². The molecule has 0 spiro atoms. The van der Waals surface area contributed by atoms with Crippen LogP contribution in [0.3, 0.4) is 0 Å². The Hall–Kier alpha value is -1.57. The zero-order valence-electron chi connectivity index (χ0n) is 20.3. The van der Waals surface area contributed by atoms with E-state index in [2.05, 4.69) is 29.4 Å². The van der Waals surface area contributed by atoms with Crippen molar-refractivity contribution in [3.63, 3.8) is 0 Å². The molecule has 2 aliphatic rings. The van der Waals surface area contributed by atoms with E-state index in [1.165, 1.54) is 43.9 Å². The van der Waals surface area contributed by atoms with Crippen LogP contribution in [0.15, 0.2) is 29.2 Å². The predicted molar refractivity (Wildman–Crippen MR) is 135 cm³/mol. The zero-order chi connectivity index (χ0) is 23.5. The average Bonchev–Trinajstić information content (AvgIpc) is 2.85. The molecular formula is C26H41N3O3S. The molecule has 1 unspecified atom stereocenters. The Morgan fingerprint density at radius 3 is 2.55 bits per heavy atom. The van der Waals surface area contributed by atoms with Gasteiger partial charge in [-0.2, -0.15) is 0 Å². The molecule has 1 aromatic carbocycles. The van der Waals surface area contributed by atoms with Crippen LogP contribution < -0.4 is 10.6 Å². The van der Waals surface area contributed by atoms with Crippen LogP contribution in [0.5, 0.6) is 0 Å². The van der Waals surface area contributed by atoms with Crippen molar-refractivity contribution >= 4 is 23.6 Å². The van der Waals surface area contributed by atoms with Crippen LogP contribution in [0.4, 0.5) is 0 Å². The molecule has 33 heavy (non-hydrogen) atoms. The highest BCUT2D eigenvalue weighted by Gasteiger charge is 2.23. The number of benzene rings is 1. The lowest BCUT2D eigenvalue weighted by Crippen LogP contribution is -2.49. The molecule has 3 rings (SSSR count). The van der Waals surface area contributed by atoms with E-state index in [0.29, 0.717) is 35.7 Å². The van der Waals surface area contributed by atoms with Gasteiger partial charge < -0.3 is 15.4 Å². The van der Waals surface area contributed by atoms with Gasteiger partial charge in [-0.25, -0.2) is 0 Å². The first-order valence-corrected chi connectivity index (χ1v) is 13.6. The number of morpholine rings is 1. The summed E-state index contributed by atoms with van der Waals surface area (Å²) < 4.78 is 5.50. The summed E-state index contributed by atoms with van der Waals surface area (Å²) in [6, 6.07) is 7.90. The minimum Gasteiger partial charge on any atom is -0.379 e. The summed E-state index contributed by atoms with van der Waals surface area (Å²) in [5.41, 5.74) is 0.646. The molecule has 1 heterocycles. The molecule has 6 nitrogen and oxygen atoms in total. The number of rotatable bonds is 11. The quantitative estimate of drug-likeness (QED) is 0.474. The number of nitrogens with one attached hydrogen (secondary N) is 2. The average molecular weight is 476 g/mol. The van der Waals surface area contributed by atoms with Gasteiger partial charge in [-0.1, -0.05) is 45.2 Å². The molecule has 2 amide bonds. The number of hydrogen-bond donors (Lipinski definition) is 2. The Morgan fingerprint density at radius 2 is 1.82 bits per heavy atom. The van der Waals surface area contributed by atoms with Gasteiger partial charge in [-0.05, 0) is 43.2 Å². The molecule has 1 saturated heterocycles. The predicted octanol–water partition coefficient (Wildman–Crippen LogP) is 3.95. The van der Waals surface area contributed by atoms with Crippen LogP contribution in [0, 0.1) is 11.8 Å². The fourth-order valence-corrected chi connectivity index (χ4v) is 5.66. The van der Waals surface area contributed by atoms with Crippen LogP contribution in [0.1, 0.15) is 62.7 Å². The van der Waals surface area contributed by atoms with Crippen LogP contribution in [0.25, 0.3) is 0 Å². The van der Waals surface area contributed by atoms with Crippen molar-refractivity contribution in [2.45, 2.75) is 63.3 Å². The molecule has 184 valence electrons. The second-order valence-corrected chi connectivity index (χ2v) is 10.8. The maximum absolute atomic E-state index is 13.0. The highest BCUT2D eigenvalue weighted by Crippen LogP contribution is 2.24. The minimum atomic E-state index is -0.0669. The first kappa shape index (κ1) is 26.0. The number of nitrogens with zero attached hydrogens (tertiary/aromatic N) is 1. The maximum atomic E-state index is 13.0. The lowest BCUT2D eigenvalue weighted by atomic mass is 9.89. The summed E-state index contributed by atoms with van der Waals surface area (Å²) in [7, 11) is 0. The van der Waals surface area contributed by atoms with Crippen LogP contribution in [-0.4, -0.2) is 67.9 Å². The molecule has 2 fully saturated rings. The Balaban J connectivity index is 1.50. The molecule has 7 heteroatoms. The number of amides is 2. The van der Waals surface area contributed by atoms with Gasteiger partial charge in [0.2, 0.25) is 5.91 Å². The SMILES string of the molecule is CC(C)CC(CNC(=O)c1ccccc1SCC(=O)NCC1CCCCC1)N1CCOCC1. The summed E-state index contributed by atoms with van der Waals surface area (Å²) >= 11 is 1.44. The minimum absolute atomic E-state index is 0.0464. The molecule has 1 aromatic rings. The van der Waals surface area contributed by atoms with Crippen molar-refractivity contribution in [2.24, 2.45) is 11.8 Å². The van der Waals surface area contributed by atoms with Crippen molar-refractivity contribution in [1.29, 1.82) is 0 Å².